The predicted molar refractivity (Wildman–Crippen MR) is 61.6 cm³/mol. The minimum absolute atomic E-state index is 0.109. The highest BCUT2D eigenvalue weighted by Crippen LogP contribution is 2.19. The number of hydrogen-bond acceptors (Lipinski definition) is 2. The van der Waals surface area contributed by atoms with Gasteiger partial charge in [0.2, 0.25) is 5.91 Å². The number of hydrogen-bond donors (Lipinski definition) is 1. The Morgan fingerprint density at radius 3 is 2.69 bits per heavy atom. The molecule has 0 aliphatic carbocycles. The zero-order chi connectivity index (χ0) is 11.5. The molecule has 0 atom stereocenters. The number of nitrogens with two attached hydrogens (primary N) is 1. The van der Waals surface area contributed by atoms with Crippen LogP contribution in [0.15, 0.2) is 36.4 Å². The molecule has 0 radical (unpaired) electrons. The molecule has 4 heteroatoms. The Balaban J connectivity index is 2.44. The zero-order valence-corrected chi connectivity index (χ0v) is 9.05. The Morgan fingerprint density at radius 1 is 1.38 bits per heavy atom. The van der Waals surface area contributed by atoms with Crippen LogP contribution < -0.4 is 5.73 Å². The largest absolute Gasteiger partial charge is 0.368 e. The molecule has 0 aliphatic heterocycles. The quantitative estimate of drug-likeness (QED) is 0.840. The number of benzene rings is 1. The molecule has 1 heterocycles. The summed E-state index contributed by atoms with van der Waals surface area (Å²) in [5.41, 5.74) is 8.00. The van der Waals surface area contributed by atoms with Crippen molar-refractivity contribution < 1.29 is 4.79 Å². The molecule has 82 valence electrons. The third-order valence-corrected chi connectivity index (χ3v) is 2.28. The lowest BCUT2D eigenvalue weighted by Gasteiger charge is -2.04. The van der Waals surface area contributed by atoms with Crippen LogP contribution in [0, 0.1) is 6.92 Å². The van der Waals surface area contributed by atoms with Crippen LogP contribution in [0.3, 0.4) is 0 Å². The van der Waals surface area contributed by atoms with Gasteiger partial charge in [-0.1, -0.05) is 30.3 Å². The number of amides is 1. The highest BCUT2D eigenvalue weighted by molar-refractivity contribution is 5.74. The van der Waals surface area contributed by atoms with Crippen LogP contribution in [0.4, 0.5) is 0 Å². The molecule has 2 aromatic rings. The maximum Gasteiger partial charge on any atom is 0.239 e. The first-order valence-electron chi connectivity index (χ1n) is 5.05. The van der Waals surface area contributed by atoms with Crippen molar-refractivity contribution in [1.82, 2.24) is 9.78 Å². The van der Waals surface area contributed by atoms with Crippen molar-refractivity contribution in [2.24, 2.45) is 5.73 Å². The molecule has 0 aliphatic rings. The van der Waals surface area contributed by atoms with E-state index >= 15 is 0 Å². The first-order chi connectivity index (χ1) is 7.66. The Kier molecular flexibility index (Phi) is 2.72. The molecule has 0 bridgehead atoms. The molecule has 2 rings (SSSR count). The molecule has 1 aromatic heterocycles. The van der Waals surface area contributed by atoms with Gasteiger partial charge in [-0.2, -0.15) is 5.10 Å². The van der Waals surface area contributed by atoms with Gasteiger partial charge in [-0.3, -0.25) is 9.48 Å². The van der Waals surface area contributed by atoms with E-state index in [9.17, 15) is 4.79 Å². The lowest BCUT2D eigenvalue weighted by Crippen LogP contribution is -2.20. The van der Waals surface area contributed by atoms with Gasteiger partial charge in [0, 0.05) is 0 Å². The second-order valence-electron chi connectivity index (χ2n) is 3.66. The smallest absolute Gasteiger partial charge is 0.239 e. The zero-order valence-electron chi connectivity index (χ0n) is 9.05. The number of carbonyl (C=O) groups excluding carboxylic acids is 1. The summed E-state index contributed by atoms with van der Waals surface area (Å²) >= 11 is 0. The van der Waals surface area contributed by atoms with Crippen molar-refractivity contribution in [3.8, 4) is 11.3 Å². The summed E-state index contributed by atoms with van der Waals surface area (Å²) in [5.74, 6) is -0.389. The predicted octanol–water partition coefficient (Wildman–Crippen LogP) is 1.34. The average molecular weight is 215 g/mol. The van der Waals surface area contributed by atoms with E-state index in [0.717, 1.165) is 17.0 Å². The molecular formula is C12H13N3O. The van der Waals surface area contributed by atoms with Crippen molar-refractivity contribution in [2.75, 3.05) is 0 Å². The minimum atomic E-state index is -0.389. The van der Waals surface area contributed by atoms with Crippen molar-refractivity contribution >= 4 is 5.91 Å². The number of aromatic nitrogens is 2. The summed E-state index contributed by atoms with van der Waals surface area (Å²) in [7, 11) is 0. The number of aryl methyl sites for hydroxylation is 1. The molecule has 1 amide bonds. The number of carbonyl (C=O) groups is 1. The van der Waals surface area contributed by atoms with E-state index in [1.54, 1.807) is 4.68 Å². The second-order valence-corrected chi connectivity index (χ2v) is 3.66. The fourth-order valence-corrected chi connectivity index (χ4v) is 1.65. The highest BCUT2D eigenvalue weighted by atomic mass is 16.1. The van der Waals surface area contributed by atoms with Crippen LogP contribution in [0.5, 0.6) is 0 Å². The molecule has 1 aromatic carbocycles. The van der Waals surface area contributed by atoms with E-state index in [1.807, 2.05) is 43.3 Å². The molecule has 16 heavy (non-hydrogen) atoms. The van der Waals surface area contributed by atoms with E-state index in [2.05, 4.69) is 5.10 Å². The fraction of sp³-hybridized carbons (Fsp3) is 0.167. The van der Waals surface area contributed by atoms with Crippen LogP contribution >= 0.6 is 0 Å². The molecule has 0 fully saturated rings. The topological polar surface area (TPSA) is 60.9 Å². The van der Waals surface area contributed by atoms with Gasteiger partial charge in [0.05, 0.1) is 11.4 Å². The van der Waals surface area contributed by atoms with Gasteiger partial charge in [-0.05, 0) is 18.6 Å². The molecule has 0 saturated carbocycles. The summed E-state index contributed by atoms with van der Waals surface area (Å²) in [6, 6.07) is 11.8. The van der Waals surface area contributed by atoms with Gasteiger partial charge in [-0.15, -0.1) is 0 Å². The van der Waals surface area contributed by atoms with Gasteiger partial charge in [0.1, 0.15) is 6.54 Å². The Labute approximate surface area is 93.7 Å². The normalized spacial score (nSPS) is 10.3. The number of nitrogens with zero attached hydrogens (tertiary/aromatic N) is 2. The SMILES string of the molecule is Cc1cc(-c2ccccc2)n(CC(N)=O)n1. The van der Waals surface area contributed by atoms with Crippen LogP contribution in [0.1, 0.15) is 5.69 Å². The minimum Gasteiger partial charge on any atom is -0.368 e. The van der Waals surface area contributed by atoms with Gasteiger partial charge in [-0.25, -0.2) is 0 Å². The third-order valence-electron chi connectivity index (χ3n) is 2.28. The number of rotatable bonds is 3. The lowest BCUT2D eigenvalue weighted by molar-refractivity contribution is -0.118. The van der Waals surface area contributed by atoms with E-state index < -0.39 is 0 Å². The standard InChI is InChI=1S/C12H13N3O/c1-9-7-11(10-5-3-2-4-6-10)15(14-9)8-12(13)16/h2-7H,8H2,1H3,(H2,13,16). The van der Waals surface area contributed by atoms with Crippen molar-refractivity contribution in [3.63, 3.8) is 0 Å². The summed E-state index contributed by atoms with van der Waals surface area (Å²) in [6.07, 6.45) is 0. The van der Waals surface area contributed by atoms with Crippen LogP contribution in [0.25, 0.3) is 11.3 Å². The summed E-state index contributed by atoms with van der Waals surface area (Å²) < 4.78 is 1.63. The molecule has 0 saturated heterocycles. The molecule has 4 nitrogen and oxygen atoms in total. The Hall–Kier alpha value is -2.10. The Bertz CT molecular complexity index is 502. The van der Waals surface area contributed by atoms with Crippen molar-refractivity contribution in [3.05, 3.63) is 42.1 Å². The summed E-state index contributed by atoms with van der Waals surface area (Å²) in [5, 5.41) is 4.24. The van der Waals surface area contributed by atoms with Gasteiger partial charge in [0.15, 0.2) is 0 Å². The molecule has 0 unspecified atom stereocenters. The van der Waals surface area contributed by atoms with Crippen LogP contribution in [-0.4, -0.2) is 15.7 Å². The first kappa shape index (κ1) is 10.4. The maximum atomic E-state index is 10.9. The fourth-order valence-electron chi connectivity index (χ4n) is 1.65. The Morgan fingerprint density at radius 2 is 2.06 bits per heavy atom. The van der Waals surface area contributed by atoms with Crippen molar-refractivity contribution in [2.45, 2.75) is 13.5 Å². The van der Waals surface area contributed by atoms with Gasteiger partial charge < -0.3 is 5.73 Å². The van der Waals surface area contributed by atoms with Gasteiger partial charge in [0.25, 0.3) is 0 Å². The first-order valence-corrected chi connectivity index (χ1v) is 5.05. The molecular weight excluding hydrogens is 202 g/mol. The van der Waals surface area contributed by atoms with Crippen LogP contribution in [0.2, 0.25) is 0 Å². The van der Waals surface area contributed by atoms with Crippen molar-refractivity contribution in [1.29, 1.82) is 0 Å². The van der Waals surface area contributed by atoms with E-state index in [4.69, 9.17) is 5.73 Å². The molecule has 0 spiro atoms. The average Bonchev–Trinajstić information content (AvgIpc) is 2.60. The van der Waals surface area contributed by atoms with E-state index in [0.29, 0.717) is 0 Å². The van der Waals surface area contributed by atoms with Crippen LogP contribution in [-0.2, 0) is 11.3 Å². The third kappa shape index (κ3) is 2.11. The highest BCUT2D eigenvalue weighted by Gasteiger charge is 2.08. The van der Waals surface area contributed by atoms with Gasteiger partial charge >= 0.3 is 0 Å². The number of primary amides is 1. The summed E-state index contributed by atoms with van der Waals surface area (Å²) in [4.78, 5) is 10.9. The summed E-state index contributed by atoms with van der Waals surface area (Å²) in [6.45, 7) is 2.00. The lowest BCUT2D eigenvalue weighted by atomic mass is 10.1. The monoisotopic (exact) mass is 215 g/mol. The molecule has 2 N–H and O–H groups in total. The van der Waals surface area contributed by atoms with E-state index in [-0.39, 0.29) is 12.5 Å². The second kappa shape index (κ2) is 4.18. The van der Waals surface area contributed by atoms with E-state index in [1.165, 1.54) is 0 Å². The maximum absolute atomic E-state index is 10.9.